The molecule has 0 saturated heterocycles. The molecule has 0 spiro atoms. The monoisotopic (exact) mass is 181 g/mol. The summed E-state index contributed by atoms with van der Waals surface area (Å²) in [7, 11) is 1.82. The SMILES string of the molecule is CCc1nc(CNC)[nH]c(=O)c1C. The van der Waals surface area contributed by atoms with E-state index in [4.69, 9.17) is 0 Å². The first-order valence-electron chi connectivity index (χ1n) is 4.42. The van der Waals surface area contributed by atoms with Crippen molar-refractivity contribution >= 4 is 0 Å². The molecule has 4 nitrogen and oxygen atoms in total. The molecule has 0 unspecified atom stereocenters. The van der Waals surface area contributed by atoms with Crippen molar-refractivity contribution in [1.29, 1.82) is 0 Å². The second-order valence-corrected chi connectivity index (χ2v) is 2.97. The summed E-state index contributed by atoms with van der Waals surface area (Å²) in [5, 5.41) is 2.95. The molecule has 0 fully saturated rings. The lowest BCUT2D eigenvalue weighted by Crippen LogP contribution is -2.20. The number of aromatic nitrogens is 2. The molecular formula is C9H15N3O. The van der Waals surface area contributed by atoms with Gasteiger partial charge in [-0.25, -0.2) is 4.98 Å². The number of rotatable bonds is 3. The van der Waals surface area contributed by atoms with E-state index >= 15 is 0 Å². The fraction of sp³-hybridized carbons (Fsp3) is 0.556. The highest BCUT2D eigenvalue weighted by molar-refractivity contribution is 5.15. The molecular weight excluding hydrogens is 166 g/mol. The highest BCUT2D eigenvalue weighted by Crippen LogP contribution is 1.99. The second-order valence-electron chi connectivity index (χ2n) is 2.97. The third-order valence-corrected chi connectivity index (χ3v) is 1.98. The van der Waals surface area contributed by atoms with Gasteiger partial charge < -0.3 is 10.3 Å². The Morgan fingerprint density at radius 3 is 2.77 bits per heavy atom. The zero-order chi connectivity index (χ0) is 9.84. The summed E-state index contributed by atoms with van der Waals surface area (Å²) in [4.78, 5) is 18.4. The molecule has 1 aromatic rings. The molecule has 0 aliphatic rings. The van der Waals surface area contributed by atoms with E-state index in [-0.39, 0.29) is 5.56 Å². The van der Waals surface area contributed by atoms with E-state index in [1.54, 1.807) is 6.92 Å². The largest absolute Gasteiger partial charge is 0.313 e. The number of H-pyrrole nitrogens is 1. The Labute approximate surface area is 77.4 Å². The van der Waals surface area contributed by atoms with E-state index in [1.807, 2.05) is 14.0 Å². The van der Waals surface area contributed by atoms with E-state index in [2.05, 4.69) is 15.3 Å². The van der Waals surface area contributed by atoms with Crippen LogP contribution in [0.1, 0.15) is 24.0 Å². The fourth-order valence-electron chi connectivity index (χ4n) is 1.23. The van der Waals surface area contributed by atoms with Gasteiger partial charge >= 0.3 is 0 Å². The average molecular weight is 181 g/mol. The molecule has 2 N–H and O–H groups in total. The van der Waals surface area contributed by atoms with Crippen molar-refractivity contribution in [2.75, 3.05) is 7.05 Å². The minimum absolute atomic E-state index is 0.0305. The summed E-state index contributed by atoms with van der Waals surface area (Å²) in [5.41, 5.74) is 1.58. The van der Waals surface area contributed by atoms with Crippen LogP contribution in [-0.4, -0.2) is 17.0 Å². The molecule has 0 amide bonds. The standard InChI is InChI=1S/C9H15N3O/c1-4-7-6(2)9(13)12-8(11-7)5-10-3/h10H,4-5H2,1-3H3,(H,11,12,13). The Morgan fingerprint density at radius 2 is 2.23 bits per heavy atom. The molecule has 0 atom stereocenters. The van der Waals surface area contributed by atoms with Crippen LogP contribution in [0.5, 0.6) is 0 Å². The van der Waals surface area contributed by atoms with Crippen molar-refractivity contribution < 1.29 is 0 Å². The highest BCUT2D eigenvalue weighted by atomic mass is 16.1. The minimum atomic E-state index is -0.0305. The lowest BCUT2D eigenvalue weighted by Gasteiger charge is -2.04. The Balaban J connectivity index is 3.14. The number of aromatic amines is 1. The van der Waals surface area contributed by atoms with Crippen LogP contribution < -0.4 is 10.9 Å². The minimum Gasteiger partial charge on any atom is -0.313 e. The number of aryl methyl sites for hydroxylation is 1. The van der Waals surface area contributed by atoms with Gasteiger partial charge in [-0.1, -0.05) is 6.92 Å². The molecule has 4 heteroatoms. The maximum Gasteiger partial charge on any atom is 0.254 e. The Kier molecular flexibility index (Phi) is 3.19. The average Bonchev–Trinajstić information content (AvgIpc) is 2.11. The van der Waals surface area contributed by atoms with Crippen molar-refractivity contribution in [1.82, 2.24) is 15.3 Å². The maximum absolute atomic E-state index is 11.4. The molecule has 1 rings (SSSR count). The van der Waals surface area contributed by atoms with Gasteiger partial charge in [0.05, 0.1) is 12.2 Å². The third-order valence-electron chi connectivity index (χ3n) is 1.98. The van der Waals surface area contributed by atoms with E-state index in [9.17, 15) is 4.79 Å². The highest BCUT2D eigenvalue weighted by Gasteiger charge is 2.04. The first-order chi connectivity index (χ1) is 6.19. The Morgan fingerprint density at radius 1 is 1.54 bits per heavy atom. The lowest BCUT2D eigenvalue weighted by molar-refractivity contribution is 0.736. The van der Waals surface area contributed by atoms with E-state index < -0.39 is 0 Å². The molecule has 0 radical (unpaired) electrons. The van der Waals surface area contributed by atoms with Crippen LogP contribution in [0.2, 0.25) is 0 Å². The maximum atomic E-state index is 11.4. The molecule has 13 heavy (non-hydrogen) atoms. The first-order valence-corrected chi connectivity index (χ1v) is 4.42. The van der Waals surface area contributed by atoms with E-state index in [1.165, 1.54) is 0 Å². The van der Waals surface area contributed by atoms with E-state index in [0.717, 1.165) is 17.7 Å². The number of nitrogens with one attached hydrogen (secondary N) is 2. The topological polar surface area (TPSA) is 57.8 Å². The Hall–Kier alpha value is -1.16. The van der Waals surface area contributed by atoms with Crippen molar-refractivity contribution in [3.63, 3.8) is 0 Å². The zero-order valence-electron chi connectivity index (χ0n) is 8.27. The molecule has 1 heterocycles. The first kappa shape index (κ1) is 9.92. The van der Waals surface area contributed by atoms with Crippen LogP contribution in [0.3, 0.4) is 0 Å². The van der Waals surface area contributed by atoms with Crippen LogP contribution in [-0.2, 0) is 13.0 Å². The molecule has 0 aliphatic carbocycles. The lowest BCUT2D eigenvalue weighted by atomic mass is 10.2. The van der Waals surface area contributed by atoms with Gasteiger partial charge in [0, 0.05) is 5.56 Å². The zero-order valence-corrected chi connectivity index (χ0v) is 8.27. The quantitative estimate of drug-likeness (QED) is 0.708. The van der Waals surface area contributed by atoms with Crippen LogP contribution >= 0.6 is 0 Å². The van der Waals surface area contributed by atoms with Crippen molar-refractivity contribution in [2.45, 2.75) is 26.8 Å². The van der Waals surface area contributed by atoms with Gasteiger partial charge in [-0.05, 0) is 20.4 Å². The van der Waals surface area contributed by atoms with Gasteiger partial charge in [-0.3, -0.25) is 4.79 Å². The van der Waals surface area contributed by atoms with Gasteiger partial charge in [0.1, 0.15) is 5.82 Å². The van der Waals surface area contributed by atoms with Crippen molar-refractivity contribution in [2.24, 2.45) is 0 Å². The summed E-state index contributed by atoms with van der Waals surface area (Å²) in [6.07, 6.45) is 0.798. The summed E-state index contributed by atoms with van der Waals surface area (Å²) < 4.78 is 0. The predicted molar refractivity (Wildman–Crippen MR) is 51.7 cm³/mol. The second kappa shape index (κ2) is 4.18. The smallest absolute Gasteiger partial charge is 0.254 e. The number of hydrogen-bond donors (Lipinski definition) is 2. The third kappa shape index (κ3) is 2.15. The molecule has 1 aromatic heterocycles. The number of hydrogen-bond acceptors (Lipinski definition) is 3. The molecule has 0 bridgehead atoms. The van der Waals surface area contributed by atoms with Crippen LogP contribution in [0.4, 0.5) is 0 Å². The Bertz CT molecular complexity index is 343. The van der Waals surface area contributed by atoms with E-state index in [0.29, 0.717) is 12.4 Å². The predicted octanol–water partition coefficient (Wildman–Crippen LogP) is 0.360. The fourth-order valence-corrected chi connectivity index (χ4v) is 1.23. The van der Waals surface area contributed by atoms with Gasteiger partial charge in [-0.15, -0.1) is 0 Å². The number of nitrogens with zero attached hydrogens (tertiary/aromatic N) is 1. The summed E-state index contributed by atoms with van der Waals surface area (Å²) in [6, 6.07) is 0. The van der Waals surface area contributed by atoms with Crippen molar-refractivity contribution in [3.05, 3.63) is 27.4 Å². The van der Waals surface area contributed by atoms with Gasteiger partial charge in [0.2, 0.25) is 0 Å². The molecule has 72 valence electrons. The molecule has 0 aliphatic heterocycles. The normalized spacial score (nSPS) is 10.4. The summed E-state index contributed by atoms with van der Waals surface area (Å²) >= 11 is 0. The summed E-state index contributed by atoms with van der Waals surface area (Å²) in [6.45, 7) is 4.40. The van der Waals surface area contributed by atoms with Crippen molar-refractivity contribution in [3.8, 4) is 0 Å². The van der Waals surface area contributed by atoms with Crippen LogP contribution in [0.15, 0.2) is 4.79 Å². The van der Waals surface area contributed by atoms with Gasteiger partial charge in [-0.2, -0.15) is 0 Å². The van der Waals surface area contributed by atoms with Gasteiger partial charge in [0.25, 0.3) is 5.56 Å². The molecule has 0 aromatic carbocycles. The van der Waals surface area contributed by atoms with Gasteiger partial charge in [0.15, 0.2) is 0 Å². The van der Waals surface area contributed by atoms with Crippen LogP contribution in [0.25, 0.3) is 0 Å². The van der Waals surface area contributed by atoms with Crippen LogP contribution in [0, 0.1) is 6.92 Å². The molecule has 0 saturated carbocycles. The summed E-state index contributed by atoms with van der Waals surface area (Å²) in [5.74, 6) is 0.704.